The summed E-state index contributed by atoms with van der Waals surface area (Å²) >= 11 is 3.52. The van der Waals surface area contributed by atoms with Gasteiger partial charge in [0.05, 0.1) is 12.7 Å². The molecule has 3 heteroatoms. The monoisotopic (exact) mass is 275 g/mol. The first-order valence-electron chi connectivity index (χ1n) is 6.05. The van der Waals surface area contributed by atoms with Crippen molar-refractivity contribution >= 4 is 15.9 Å². The van der Waals surface area contributed by atoms with Gasteiger partial charge in [-0.15, -0.1) is 0 Å². The number of nitrogens with zero attached hydrogens (tertiary/aromatic N) is 1. The number of hydrogen-bond acceptors (Lipinski definition) is 2. The van der Waals surface area contributed by atoms with Crippen molar-refractivity contribution in [2.45, 2.75) is 45.3 Å². The molecule has 1 aliphatic carbocycles. The van der Waals surface area contributed by atoms with Gasteiger partial charge in [-0.05, 0) is 25.2 Å². The minimum atomic E-state index is 0.393. The van der Waals surface area contributed by atoms with E-state index in [-0.39, 0.29) is 0 Å². The number of morpholine rings is 1. The van der Waals surface area contributed by atoms with Gasteiger partial charge in [0.15, 0.2) is 0 Å². The normalized spacial score (nSPS) is 36.2. The molecule has 0 bridgehead atoms. The molecule has 1 saturated carbocycles. The third kappa shape index (κ3) is 2.75. The second-order valence-electron chi connectivity index (χ2n) is 5.55. The average Bonchev–Trinajstić information content (AvgIpc) is 2.19. The highest BCUT2D eigenvalue weighted by Crippen LogP contribution is 2.41. The summed E-state index contributed by atoms with van der Waals surface area (Å²) in [5.74, 6) is 0. The lowest BCUT2D eigenvalue weighted by Crippen LogP contribution is -2.53. The molecule has 15 heavy (non-hydrogen) atoms. The van der Waals surface area contributed by atoms with Gasteiger partial charge in [-0.3, -0.25) is 4.90 Å². The van der Waals surface area contributed by atoms with Crippen LogP contribution in [0.15, 0.2) is 0 Å². The van der Waals surface area contributed by atoms with Gasteiger partial charge in [0.1, 0.15) is 0 Å². The predicted octanol–water partition coefficient (Wildman–Crippen LogP) is 2.66. The van der Waals surface area contributed by atoms with Crippen LogP contribution in [0.2, 0.25) is 0 Å². The molecule has 2 aliphatic rings. The number of rotatable bonds is 3. The highest BCUT2D eigenvalue weighted by molar-refractivity contribution is 9.09. The largest absolute Gasteiger partial charge is 0.374 e. The van der Waals surface area contributed by atoms with Gasteiger partial charge in [-0.25, -0.2) is 0 Å². The molecule has 0 aromatic carbocycles. The van der Waals surface area contributed by atoms with E-state index >= 15 is 0 Å². The minimum absolute atomic E-state index is 0.393. The molecule has 1 saturated heterocycles. The Labute approximate surface area is 101 Å². The van der Waals surface area contributed by atoms with Crippen LogP contribution in [0.3, 0.4) is 0 Å². The third-order valence-corrected chi connectivity index (χ3v) is 4.67. The Morgan fingerprint density at radius 2 is 2.20 bits per heavy atom. The maximum absolute atomic E-state index is 5.75. The Hall–Kier alpha value is 0.400. The van der Waals surface area contributed by atoms with Crippen molar-refractivity contribution in [1.82, 2.24) is 4.90 Å². The molecule has 0 aromatic rings. The Bertz CT molecular complexity index is 218. The number of ether oxygens (including phenoxy) is 1. The van der Waals surface area contributed by atoms with Crippen LogP contribution in [-0.4, -0.2) is 42.1 Å². The van der Waals surface area contributed by atoms with Gasteiger partial charge in [0.2, 0.25) is 0 Å². The zero-order valence-corrected chi connectivity index (χ0v) is 11.4. The van der Waals surface area contributed by atoms with E-state index in [4.69, 9.17) is 4.74 Å². The molecule has 2 rings (SSSR count). The Morgan fingerprint density at radius 1 is 1.47 bits per heavy atom. The molecule has 2 atom stereocenters. The maximum atomic E-state index is 5.75. The predicted molar refractivity (Wildman–Crippen MR) is 66.5 cm³/mol. The van der Waals surface area contributed by atoms with Gasteiger partial charge in [0.25, 0.3) is 0 Å². The molecule has 88 valence electrons. The van der Waals surface area contributed by atoms with E-state index in [1.54, 1.807) is 0 Å². The molecule has 0 aromatic heterocycles. The van der Waals surface area contributed by atoms with Crippen molar-refractivity contribution < 1.29 is 4.74 Å². The molecule has 0 spiro atoms. The number of halogens is 1. The van der Waals surface area contributed by atoms with Gasteiger partial charge < -0.3 is 4.74 Å². The van der Waals surface area contributed by atoms with Crippen LogP contribution in [0, 0.1) is 5.41 Å². The van der Waals surface area contributed by atoms with Gasteiger partial charge >= 0.3 is 0 Å². The highest BCUT2D eigenvalue weighted by atomic mass is 79.9. The van der Waals surface area contributed by atoms with Gasteiger partial charge in [-0.1, -0.05) is 29.3 Å². The summed E-state index contributed by atoms with van der Waals surface area (Å²) in [6.45, 7) is 7.98. The summed E-state index contributed by atoms with van der Waals surface area (Å²) in [5, 5.41) is 0.965. The van der Waals surface area contributed by atoms with Crippen LogP contribution in [0.25, 0.3) is 0 Å². The van der Waals surface area contributed by atoms with E-state index < -0.39 is 0 Å². The first-order chi connectivity index (χ1) is 7.13. The van der Waals surface area contributed by atoms with Crippen LogP contribution >= 0.6 is 15.9 Å². The fourth-order valence-corrected chi connectivity index (χ4v) is 3.01. The second kappa shape index (κ2) is 4.72. The zero-order valence-electron chi connectivity index (χ0n) is 9.84. The third-order valence-electron chi connectivity index (χ3n) is 3.95. The molecule has 0 amide bonds. The van der Waals surface area contributed by atoms with Crippen molar-refractivity contribution in [3.63, 3.8) is 0 Å². The summed E-state index contributed by atoms with van der Waals surface area (Å²) in [6.07, 6.45) is 4.65. The van der Waals surface area contributed by atoms with E-state index in [0.29, 0.717) is 17.6 Å². The first-order valence-corrected chi connectivity index (χ1v) is 7.17. The fourth-order valence-electron chi connectivity index (χ4n) is 2.62. The average molecular weight is 276 g/mol. The van der Waals surface area contributed by atoms with Crippen LogP contribution < -0.4 is 0 Å². The lowest BCUT2D eigenvalue weighted by Gasteiger charge is -2.46. The summed E-state index contributed by atoms with van der Waals surface area (Å²) < 4.78 is 5.75. The second-order valence-corrected chi connectivity index (χ2v) is 6.20. The van der Waals surface area contributed by atoms with Crippen LogP contribution in [-0.2, 0) is 4.74 Å². The summed E-state index contributed by atoms with van der Waals surface area (Å²) in [5.41, 5.74) is 0.600. The molecule has 2 fully saturated rings. The Balaban J connectivity index is 1.88. The number of alkyl halides is 1. The van der Waals surface area contributed by atoms with E-state index in [2.05, 4.69) is 34.7 Å². The molecule has 0 N–H and O–H groups in total. The minimum Gasteiger partial charge on any atom is -0.374 e. The van der Waals surface area contributed by atoms with E-state index in [9.17, 15) is 0 Å². The van der Waals surface area contributed by atoms with Crippen molar-refractivity contribution in [3.8, 4) is 0 Å². The van der Waals surface area contributed by atoms with Crippen LogP contribution in [0.1, 0.15) is 33.1 Å². The first kappa shape index (κ1) is 11.9. The lowest BCUT2D eigenvalue weighted by molar-refractivity contribution is -0.0677. The van der Waals surface area contributed by atoms with Crippen molar-refractivity contribution in [3.05, 3.63) is 0 Å². The standard InChI is InChI=1S/C12H22BrNO/c1-10-8-15-11(6-13)7-14(10)9-12(2)4-3-5-12/h10-11H,3-9H2,1-2H3. The molecular formula is C12H22BrNO. The summed E-state index contributed by atoms with van der Waals surface area (Å²) in [6, 6.07) is 0.595. The molecule has 2 nitrogen and oxygen atoms in total. The summed E-state index contributed by atoms with van der Waals surface area (Å²) in [4.78, 5) is 2.62. The SMILES string of the molecule is CC1COC(CBr)CN1CC1(C)CCC1. The quantitative estimate of drug-likeness (QED) is 0.735. The Morgan fingerprint density at radius 3 is 2.73 bits per heavy atom. The van der Waals surface area contributed by atoms with Gasteiger partial charge in [-0.2, -0.15) is 0 Å². The Kier molecular flexibility index (Phi) is 3.74. The van der Waals surface area contributed by atoms with Crippen molar-refractivity contribution in [2.75, 3.05) is 25.0 Å². The fraction of sp³-hybridized carbons (Fsp3) is 1.00. The molecule has 1 heterocycles. The zero-order chi connectivity index (χ0) is 10.9. The van der Waals surface area contributed by atoms with Crippen molar-refractivity contribution in [2.24, 2.45) is 5.41 Å². The van der Waals surface area contributed by atoms with E-state index in [1.807, 2.05) is 0 Å². The van der Waals surface area contributed by atoms with Crippen LogP contribution in [0.5, 0.6) is 0 Å². The van der Waals surface area contributed by atoms with Crippen LogP contribution in [0.4, 0.5) is 0 Å². The van der Waals surface area contributed by atoms with E-state index in [1.165, 1.54) is 25.8 Å². The lowest BCUT2D eigenvalue weighted by atomic mass is 9.70. The highest BCUT2D eigenvalue weighted by Gasteiger charge is 2.36. The smallest absolute Gasteiger partial charge is 0.0799 e. The molecule has 1 aliphatic heterocycles. The molecule has 2 unspecified atom stereocenters. The van der Waals surface area contributed by atoms with Crippen molar-refractivity contribution in [1.29, 1.82) is 0 Å². The molecule has 0 radical (unpaired) electrons. The maximum Gasteiger partial charge on any atom is 0.0799 e. The number of hydrogen-bond donors (Lipinski definition) is 0. The topological polar surface area (TPSA) is 12.5 Å². The van der Waals surface area contributed by atoms with Gasteiger partial charge in [0, 0.05) is 24.5 Å². The van der Waals surface area contributed by atoms with E-state index in [0.717, 1.165) is 18.5 Å². The molecular weight excluding hydrogens is 254 g/mol. The summed E-state index contributed by atoms with van der Waals surface area (Å²) in [7, 11) is 0.